The quantitative estimate of drug-likeness (QED) is 0.244. The van der Waals surface area contributed by atoms with E-state index in [0.717, 1.165) is 12.5 Å². The second-order valence-corrected chi connectivity index (χ2v) is 10.2. The monoisotopic (exact) mass is 604 g/mol. The maximum Gasteiger partial charge on any atom is 0.334 e. The highest BCUT2D eigenvalue weighted by Gasteiger charge is 2.55. The zero-order valence-electron chi connectivity index (χ0n) is 21.1. The molecule has 1 aliphatic rings. The molecule has 1 heterocycles. The third-order valence-corrected chi connectivity index (χ3v) is 7.09. The Bertz CT molecular complexity index is 1430. The van der Waals surface area contributed by atoms with Crippen molar-refractivity contribution in [1.82, 2.24) is 4.90 Å². The Kier molecular flexibility index (Phi) is 9.75. The predicted octanol–water partition coefficient (Wildman–Crippen LogP) is 6.54. The molecule has 0 aromatic heterocycles. The smallest absolute Gasteiger partial charge is 0.334 e. The first-order valence-electron chi connectivity index (χ1n) is 12.4. The van der Waals surface area contributed by atoms with E-state index >= 15 is 0 Å². The van der Waals surface area contributed by atoms with Crippen LogP contribution in [-0.2, 0) is 9.59 Å². The standard InChI is InChI=1S/C29H24Cl3FN2O5/c30-19-12-13-25(22(33)16-19)38-17-26(39-23-10-4-2-8-20(23)31)27(36)29(18-34,28(37)35-14-6-1-7-15-35)40-24-11-5-3-9-21(24)32/h2-5,8-13,16,26H,1,6-7,14-15,17H2. The van der Waals surface area contributed by atoms with Crippen LogP contribution in [0.4, 0.5) is 4.39 Å². The topological polar surface area (TPSA) is 88.9 Å². The Morgan fingerprint density at radius 1 is 0.925 bits per heavy atom. The molecule has 3 aromatic carbocycles. The first-order chi connectivity index (χ1) is 19.2. The number of rotatable bonds is 10. The average molecular weight is 606 g/mol. The molecule has 1 aliphatic heterocycles. The number of nitriles is 1. The van der Waals surface area contributed by atoms with Crippen molar-refractivity contribution in [1.29, 1.82) is 5.26 Å². The number of benzene rings is 3. The number of para-hydroxylation sites is 2. The second kappa shape index (κ2) is 13.2. The molecule has 0 saturated carbocycles. The summed E-state index contributed by atoms with van der Waals surface area (Å²) in [6.45, 7) is 0.0824. The molecular formula is C29H24Cl3FN2O5. The SMILES string of the molecule is N#CC(Oc1ccccc1Cl)(C(=O)C(COc1ccc(Cl)cc1F)Oc1ccccc1Cl)C(=O)N1CCCCC1. The summed E-state index contributed by atoms with van der Waals surface area (Å²) in [6, 6.07) is 18.0. The number of ether oxygens (including phenoxy) is 3. The van der Waals surface area contributed by atoms with E-state index in [1.54, 1.807) is 30.3 Å². The van der Waals surface area contributed by atoms with Crippen molar-refractivity contribution in [3.05, 3.63) is 87.6 Å². The van der Waals surface area contributed by atoms with Gasteiger partial charge < -0.3 is 19.1 Å². The van der Waals surface area contributed by atoms with Gasteiger partial charge in [0.2, 0.25) is 5.78 Å². The molecule has 0 aliphatic carbocycles. The highest BCUT2D eigenvalue weighted by atomic mass is 35.5. The lowest BCUT2D eigenvalue weighted by molar-refractivity contribution is -0.156. The number of halogens is 4. The third kappa shape index (κ3) is 6.61. The van der Waals surface area contributed by atoms with Crippen LogP contribution < -0.4 is 14.2 Å². The molecule has 0 bridgehead atoms. The first-order valence-corrected chi connectivity index (χ1v) is 13.6. The Morgan fingerprint density at radius 2 is 1.55 bits per heavy atom. The zero-order valence-corrected chi connectivity index (χ0v) is 23.4. The van der Waals surface area contributed by atoms with Crippen molar-refractivity contribution in [3.63, 3.8) is 0 Å². The summed E-state index contributed by atoms with van der Waals surface area (Å²) in [5, 5.41) is 10.8. The maximum absolute atomic E-state index is 14.5. The Hall–Kier alpha value is -3.51. The first kappa shape index (κ1) is 29.5. The van der Waals surface area contributed by atoms with E-state index in [1.165, 1.54) is 41.3 Å². The van der Waals surface area contributed by atoms with Gasteiger partial charge in [0.15, 0.2) is 17.7 Å². The van der Waals surface area contributed by atoms with Crippen molar-refractivity contribution in [2.75, 3.05) is 19.7 Å². The fourth-order valence-corrected chi connectivity index (χ4v) is 4.69. The minimum absolute atomic E-state index is 0.0504. The van der Waals surface area contributed by atoms with Gasteiger partial charge >= 0.3 is 5.60 Å². The number of piperidine rings is 1. The third-order valence-electron chi connectivity index (χ3n) is 6.23. The number of ketones is 1. The van der Waals surface area contributed by atoms with Crippen molar-refractivity contribution in [2.24, 2.45) is 0 Å². The van der Waals surface area contributed by atoms with Gasteiger partial charge in [-0.1, -0.05) is 59.1 Å². The molecule has 1 saturated heterocycles. The lowest BCUT2D eigenvalue weighted by Gasteiger charge is -2.35. The Balaban J connectivity index is 1.76. The summed E-state index contributed by atoms with van der Waals surface area (Å²) in [5.41, 5.74) is -2.70. The van der Waals surface area contributed by atoms with Crippen LogP contribution >= 0.6 is 34.8 Å². The van der Waals surface area contributed by atoms with E-state index in [2.05, 4.69) is 0 Å². The molecule has 0 N–H and O–H groups in total. The van der Waals surface area contributed by atoms with E-state index in [0.29, 0.717) is 25.9 Å². The van der Waals surface area contributed by atoms with E-state index in [9.17, 15) is 19.2 Å². The summed E-state index contributed by atoms with van der Waals surface area (Å²) < 4.78 is 31.9. The number of likely N-dealkylation sites (tertiary alicyclic amines) is 1. The van der Waals surface area contributed by atoms with Gasteiger partial charge in [-0.2, -0.15) is 5.26 Å². The molecule has 208 valence electrons. The molecular weight excluding hydrogens is 582 g/mol. The number of carbonyl (C=O) groups excluding carboxylic acids is 2. The molecule has 1 fully saturated rings. The molecule has 2 unspecified atom stereocenters. The fraction of sp³-hybridized carbons (Fsp3) is 0.276. The maximum atomic E-state index is 14.5. The van der Waals surface area contributed by atoms with Crippen molar-refractivity contribution in [3.8, 4) is 23.3 Å². The van der Waals surface area contributed by atoms with Crippen LogP contribution in [-0.4, -0.2) is 48.0 Å². The van der Waals surface area contributed by atoms with E-state index in [-0.39, 0.29) is 32.3 Å². The van der Waals surface area contributed by atoms with Crippen LogP contribution in [0.5, 0.6) is 17.2 Å². The van der Waals surface area contributed by atoms with Gasteiger partial charge in [-0.15, -0.1) is 0 Å². The van der Waals surface area contributed by atoms with Crippen molar-refractivity contribution < 1.29 is 28.2 Å². The summed E-state index contributed by atoms with van der Waals surface area (Å²) in [7, 11) is 0. The van der Waals surface area contributed by atoms with Crippen LogP contribution in [0.2, 0.25) is 15.1 Å². The van der Waals surface area contributed by atoms with Gasteiger partial charge in [-0.3, -0.25) is 9.59 Å². The lowest BCUT2D eigenvalue weighted by atomic mass is 9.92. The second-order valence-electron chi connectivity index (χ2n) is 8.97. The molecule has 0 radical (unpaired) electrons. The van der Waals surface area contributed by atoms with Gasteiger partial charge in [0.05, 0.1) is 10.0 Å². The van der Waals surface area contributed by atoms with E-state index in [1.807, 2.05) is 0 Å². The molecule has 3 aromatic rings. The number of carbonyl (C=O) groups is 2. The summed E-state index contributed by atoms with van der Waals surface area (Å²) in [5.74, 6) is -2.89. The largest absolute Gasteiger partial charge is 0.486 e. The van der Waals surface area contributed by atoms with Crippen LogP contribution in [0.3, 0.4) is 0 Å². The van der Waals surface area contributed by atoms with E-state index < -0.39 is 35.8 Å². The molecule has 1 amide bonds. The number of amides is 1. The van der Waals surface area contributed by atoms with E-state index in [4.69, 9.17) is 49.0 Å². The number of hydrogen-bond donors (Lipinski definition) is 0. The molecule has 2 atom stereocenters. The summed E-state index contributed by atoms with van der Waals surface area (Å²) in [4.78, 5) is 29.6. The van der Waals surface area contributed by atoms with Gasteiger partial charge in [0, 0.05) is 18.1 Å². The summed E-state index contributed by atoms with van der Waals surface area (Å²) in [6.07, 6.45) is 0.672. The molecule has 40 heavy (non-hydrogen) atoms. The van der Waals surface area contributed by atoms with Crippen molar-refractivity contribution in [2.45, 2.75) is 31.0 Å². The minimum Gasteiger partial charge on any atom is -0.486 e. The fourth-order valence-electron chi connectivity index (χ4n) is 4.18. The number of hydrogen-bond acceptors (Lipinski definition) is 6. The highest BCUT2D eigenvalue weighted by molar-refractivity contribution is 6.32. The number of Topliss-reactive ketones (excluding diaryl/α,β-unsaturated/α-hetero) is 1. The predicted molar refractivity (Wildman–Crippen MR) is 149 cm³/mol. The molecule has 0 spiro atoms. The van der Waals surface area contributed by atoms with Gasteiger partial charge in [-0.25, -0.2) is 4.39 Å². The zero-order chi connectivity index (χ0) is 28.7. The summed E-state index contributed by atoms with van der Waals surface area (Å²) >= 11 is 18.4. The van der Waals surface area contributed by atoms with Gasteiger partial charge in [0.25, 0.3) is 5.91 Å². The molecule has 7 nitrogen and oxygen atoms in total. The van der Waals surface area contributed by atoms with Gasteiger partial charge in [-0.05, 0) is 61.7 Å². The van der Waals surface area contributed by atoms with Crippen molar-refractivity contribution >= 4 is 46.5 Å². The Morgan fingerprint density at radius 3 is 2.15 bits per heavy atom. The van der Waals surface area contributed by atoms with Gasteiger partial charge in [0.1, 0.15) is 24.2 Å². The van der Waals surface area contributed by atoms with Crippen LogP contribution in [0.25, 0.3) is 0 Å². The molecule has 4 rings (SSSR count). The number of nitrogens with zero attached hydrogens (tertiary/aromatic N) is 2. The average Bonchev–Trinajstić information content (AvgIpc) is 2.96. The lowest BCUT2D eigenvalue weighted by Crippen LogP contribution is -2.62. The van der Waals surface area contributed by atoms with Crippen LogP contribution in [0.15, 0.2) is 66.7 Å². The van der Waals surface area contributed by atoms with Crippen LogP contribution in [0.1, 0.15) is 19.3 Å². The normalized spacial score (nSPS) is 15.3. The minimum atomic E-state index is -2.70. The molecule has 11 heteroatoms. The van der Waals surface area contributed by atoms with Crippen LogP contribution in [0, 0.1) is 17.1 Å². The Labute approximate surface area is 245 Å². The highest BCUT2D eigenvalue weighted by Crippen LogP contribution is 2.32.